The van der Waals surface area contributed by atoms with Crippen molar-refractivity contribution in [2.24, 2.45) is 0 Å². The molecule has 4 heteroatoms. The van der Waals surface area contributed by atoms with Crippen LogP contribution in [0.1, 0.15) is 5.69 Å². The van der Waals surface area contributed by atoms with E-state index in [1.807, 2.05) is 19.1 Å². The topological polar surface area (TPSA) is 38.9 Å². The summed E-state index contributed by atoms with van der Waals surface area (Å²) in [7, 11) is 0. The Morgan fingerprint density at radius 1 is 1.12 bits per heavy atom. The Kier molecular flexibility index (Phi) is 3.03. The predicted molar refractivity (Wildman–Crippen MR) is 68.8 cm³/mol. The van der Waals surface area contributed by atoms with Crippen molar-refractivity contribution in [2.45, 2.75) is 6.92 Å². The van der Waals surface area contributed by atoms with E-state index < -0.39 is 0 Å². The van der Waals surface area contributed by atoms with Gasteiger partial charge in [-0.3, -0.25) is 4.98 Å². The van der Waals surface area contributed by atoms with Crippen LogP contribution < -0.4 is 5.73 Å². The fourth-order valence-corrected chi connectivity index (χ4v) is 1.80. The highest BCUT2D eigenvalue weighted by Gasteiger charge is 2.07. The average Bonchev–Trinajstić information content (AvgIpc) is 2.26. The highest BCUT2D eigenvalue weighted by molar-refractivity contribution is 6.35. The average molecular weight is 253 g/mol. The van der Waals surface area contributed by atoms with Crippen molar-refractivity contribution in [1.82, 2.24) is 4.98 Å². The molecule has 0 saturated heterocycles. The molecule has 0 aliphatic heterocycles. The molecule has 2 rings (SSSR count). The second-order valence-corrected chi connectivity index (χ2v) is 4.34. The molecular weight excluding hydrogens is 243 g/mol. The molecule has 0 radical (unpaired) electrons. The quantitative estimate of drug-likeness (QED) is 0.835. The molecule has 0 amide bonds. The molecular formula is C12H10Cl2N2. The van der Waals surface area contributed by atoms with Crippen LogP contribution in [-0.2, 0) is 0 Å². The van der Waals surface area contributed by atoms with Crippen molar-refractivity contribution < 1.29 is 0 Å². The maximum absolute atomic E-state index is 6.09. The summed E-state index contributed by atoms with van der Waals surface area (Å²) in [5, 5.41) is 1.26. The van der Waals surface area contributed by atoms with Gasteiger partial charge in [0.05, 0.1) is 22.1 Å². The molecule has 2 N–H and O–H groups in total. The molecule has 0 bridgehead atoms. The van der Waals surface area contributed by atoms with Crippen molar-refractivity contribution in [3.8, 4) is 11.3 Å². The minimum atomic E-state index is 0.626. The first-order valence-electron chi connectivity index (χ1n) is 4.76. The van der Waals surface area contributed by atoms with Crippen LogP contribution in [-0.4, -0.2) is 4.98 Å². The number of pyridine rings is 1. The van der Waals surface area contributed by atoms with Gasteiger partial charge in [0.15, 0.2) is 0 Å². The van der Waals surface area contributed by atoms with Gasteiger partial charge in [0.2, 0.25) is 0 Å². The number of benzene rings is 1. The van der Waals surface area contributed by atoms with Crippen LogP contribution >= 0.6 is 23.2 Å². The lowest BCUT2D eigenvalue weighted by Crippen LogP contribution is -1.94. The van der Waals surface area contributed by atoms with E-state index in [9.17, 15) is 0 Å². The van der Waals surface area contributed by atoms with Gasteiger partial charge in [-0.1, -0.05) is 23.2 Å². The van der Waals surface area contributed by atoms with Crippen molar-refractivity contribution >= 4 is 28.9 Å². The fourth-order valence-electron chi connectivity index (χ4n) is 1.42. The van der Waals surface area contributed by atoms with Crippen LogP contribution in [0.15, 0.2) is 30.3 Å². The van der Waals surface area contributed by atoms with Crippen LogP contribution in [0.4, 0.5) is 5.69 Å². The van der Waals surface area contributed by atoms with Gasteiger partial charge in [0.25, 0.3) is 0 Å². The Balaban J connectivity index is 2.58. The Labute approximate surface area is 104 Å². The van der Waals surface area contributed by atoms with Crippen LogP contribution in [0.5, 0.6) is 0 Å². The van der Waals surface area contributed by atoms with E-state index in [2.05, 4.69) is 4.98 Å². The lowest BCUT2D eigenvalue weighted by molar-refractivity contribution is 1.21. The molecule has 1 heterocycles. The van der Waals surface area contributed by atoms with E-state index >= 15 is 0 Å². The summed E-state index contributed by atoms with van der Waals surface area (Å²) in [4.78, 5) is 4.38. The van der Waals surface area contributed by atoms with Crippen molar-refractivity contribution in [3.05, 3.63) is 46.1 Å². The second kappa shape index (κ2) is 4.32. The van der Waals surface area contributed by atoms with Crippen LogP contribution in [0, 0.1) is 6.92 Å². The summed E-state index contributed by atoms with van der Waals surface area (Å²) in [5.74, 6) is 0. The Morgan fingerprint density at radius 3 is 2.56 bits per heavy atom. The second-order valence-electron chi connectivity index (χ2n) is 3.50. The van der Waals surface area contributed by atoms with Gasteiger partial charge in [-0.2, -0.15) is 0 Å². The molecule has 0 fully saturated rings. The molecule has 0 aliphatic rings. The molecule has 2 aromatic rings. The third kappa shape index (κ3) is 2.13. The number of anilines is 1. The van der Waals surface area contributed by atoms with Crippen LogP contribution in [0.2, 0.25) is 10.0 Å². The van der Waals surface area contributed by atoms with E-state index in [0.717, 1.165) is 17.0 Å². The summed E-state index contributed by atoms with van der Waals surface area (Å²) in [6, 6.07) is 8.95. The maximum Gasteiger partial charge on any atom is 0.0722 e. The monoisotopic (exact) mass is 252 g/mol. The van der Waals surface area contributed by atoms with Gasteiger partial charge >= 0.3 is 0 Å². The zero-order valence-electron chi connectivity index (χ0n) is 8.67. The number of rotatable bonds is 1. The first-order chi connectivity index (χ1) is 7.58. The number of halogens is 2. The standard InChI is InChI=1S/C12H10Cl2N2/c1-7-11(15)4-5-12(16-7)9-6-8(13)2-3-10(9)14/h2-6H,15H2,1H3. The SMILES string of the molecule is Cc1nc(-c2cc(Cl)ccc2Cl)ccc1N. The van der Waals surface area contributed by atoms with Gasteiger partial charge in [-0.05, 0) is 37.3 Å². The number of nitrogens with zero attached hydrogens (tertiary/aromatic N) is 1. The molecule has 0 atom stereocenters. The Hall–Kier alpha value is -1.25. The minimum Gasteiger partial charge on any atom is -0.397 e. The number of hydrogen-bond donors (Lipinski definition) is 1. The number of nitrogens with two attached hydrogens (primary N) is 1. The van der Waals surface area contributed by atoms with E-state index in [1.54, 1.807) is 18.2 Å². The highest BCUT2D eigenvalue weighted by Crippen LogP contribution is 2.30. The highest BCUT2D eigenvalue weighted by atomic mass is 35.5. The molecule has 2 nitrogen and oxygen atoms in total. The first-order valence-corrected chi connectivity index (χ1v) is 5.52. The Bertz CT molecular complexity index is 539. The summed E-state index contributed by atoms with van der Waals surface area (Å²) in [6.45, 7) is 1.86. The van der Waals surface area contributed by atoms with E-state index in [-0.39, 0.29) is 0 Å². The molecule has 16 heavy (non-hydrogen) atoms. The summed E-state index contributed by atoms with van der Waals surface area (Å²) < 4.78 is 0. The predicted octanol–water partition coefficient (Wildman–Crippen LogP) is 3.95. The lowest BCUT2D eigenvalue weighted by Gasteiger charge is -2.06. The van der Waals surface area contributed by atoms with Crippen molar-refractivity contribution in [1.29, 1.82) is 0 Å². The molecule has 0 spiro atoms. The molecule has 1 aromatic heterocycles. The van der Waals surface area contributed by atoms with E-state index in [4.69, 9.17) is 28.9 Å². The molecule has 0 aliphatic carbocycles. The van der Waals surface area contributed by atoms with Gasteiger partial charge in [0.1, 0.15) is 0 Å². The fraction of sp³-hybridized carbons (Fsp3) is 0.0833. The van der Waals surface area contributed by atoms with E-state index in [0.29, 0.717) is 15.7 Å². The lowest BCUT2D eigenvalue weighted by atomic mass is 10.1. The van der Waals surface area contributed by atoms with Crippen molar-refractivity contribution in [3.63, 3.8) is 0 Å². The van der Waals surface area contributed by atoms with Crippen LogP contribution in [0.25, 0.3) is 11.3 Å². The van der Waals surface area contributed by atoms with Gasteiger partial charge in [0, 0.05) is 10.6 Å². The number of aromatic nitrogens is 1. The third-order valence-electron chi connectivity index (χ3n) is 2.33. The summed E-state index contributed by atoms with van der Waals surface area (Å²) in [6.07, 6.45) is 0. The van der Waals surface area contributed by atoms with Gasteiger partial charge < -0.3 is 5.73 Å². The minimum absolute atomic E-state index is 0.626. The zero-order chi connectivity index (χ0) is 11.7. The van der Waals surface area contributed by atoms with Gasteiger partial charge in [-0.15, -0.1) is 0 Å². The molecule has 1 aromatic carbocycles. The summed E-state index contributed by atoms with van der Waals surface area (Å²) >= 11 is 12.0. The zero-order valence-corrected chi connectivity index (χ0v) is 10.2. The first kappa shape index (κ1) is 11.2. The number of nitrogen functional groups attached to an aromatic ring is 1. The Morgan fingerprint density at radius 2 is 1.88 bits per heavy atom. The molecule has 0 saturated carbocycles. The molecule has 82 valence electrons. The number of aryl methyl sites for hydroxylation is 1. The maximum atomic E-state index is 6.09. The van der Waals surface area contributed by atoms with Gasteiger partial charge in [-0.25, -0.2) is 0 Å². The smallest absolute Gasteiger partial charge is 0.0722 e. The largest absolute Gasteiger partial charge is 0.397 e. The normalized spacial score (nSPS) is 10.4. The van der Waals surface area contributed by atoms with Crippen LogP contribution in [0.3, 0.4) is 0 Å². The van der Waals surface area contributed by atoms with E-state index in [1.165, 1.54) is 0 Å². The van der Waals surface area contributed by atoms with Crippen molar-refractivity contribution in [2.75, 3.05) is 5.73 Å². The number of hydrogen-bond acceptors (Lipinski definition) is 2. The third-order valence-corrected chi connectivity index (χ3v) is 2.90. The molecule has 0 unspecified atom stereocenters. The summed E-state index contributed by atoms with van der Waals surface area (Å²) in [5.41, 5.74) is 8.76.